The number of hydrogen-bond donors (Lipinski definition) is 1. The predicted molar refractivity (Wildman–Crippen MR) is 78.3 cm³/mol. The molecule has 18 heavy (non-hydrogen) atoms. The van der Waals surface area contributed by atoms with Gasteiger partial charge in [0.1, 0.15) is 0 Å². The summed E-state index contributed by atoms with van der Waals surface area (Å²) in [6.45, 7) is 2.10. The molecular formula is C14H12BrNOS. The normalized spacial score (nSPS) is 17.7. The molecule has 0 unspecified atom stereocenters. The molecule has 1 N–H and O–H groups in total. The summed E-state index contributed by atoms with van der Waals surface area (Å²) < 4.78 is 1.02. The maximum absolute atomic E-state index is 12.1. The number of anilines is 1. The van der Waals surface area contributed by atoms with Crippen LogP contribution >= 0.6 is 27.3 Å². The molecule has 1 atom stereocenters. The van der Waals surface area contributed by atoms with Crippen molar-refractivity contribution in [3.05, 3.63) is 50.1 Å². The summed E-state index contributed by atoms with van der Waals surface area (Å²) in [7, 11) is 0. The second kappa shape index (κ2) is 4.52. The molecule has 0 fully saturated rings. The minimum atomic E-state index is -0.0603. The number of aryl methyl sites for hydroxylation is 1. The second-order valence-electron chi connectivity index (χ2n) is 4.50. The summed E-state index contributed by atoms with van der Waals surface area (Å²) >= 11 is 5.19. The van der Waals surface area contributed by atoms with Gasteiger partial charge < -0.3 is 5.32 Å². The zero-order chi connectivity index (χ0) is 12.7. The van der Waals surface area contributed by atoms with Gasteiger partial charge in [0.05, 0.1) is 5.92 Å². The average Bonchev–Trinajstić information content (AvgIpc) is 2.86. The van der Waals surface area contributed by atoms with Crippen LogP contribution in [0, 0.1) is 6.92 Å². The van der Waals surface area contributed by atoms with Crippen molar-refractivity contribution < 1.29 is 4.79 Å². The molecule has 0 saturated carbocycles. The van der Waals surface area contributed by atoms with Gasteiger partial charge in [-0.05, 0) is 54.1 Å². The van der Waals surface area contributed by atoms with Crippen LogP contribution < -0.4 is 5.32 Å². The number of carbonyl (C=O) groups is 1. The molecule has 2 aromatic rings. The lowest BCUT2D eigenvalue weighted by atomic mass is 9.95. The highest BCUT2D eigenvalue weighted by Gasteiger charge is 2.31. The van der Waals surface area contributed by atoms with E-state index in [0.29, 0.717) is 0 Å². The van der Waals surface area contributed by atoms with E-state index < -0.39 is 0 Å². The molecule has 4 heteroatoms. The largest absolute Gasteiger partial charge is 0.325 e. The quantitative estimate of drug-likeness (QED) is 0.886. The van der Waals surface area contributed by atoms with Crippen LogP contribution in [0.15, 0.2) is 34.1 Å². The summed E-state index contributed by atoms with van der Waals surface area (Å²) in [4.78, 5) is 13.4. The zero-order valence-electron chi connectivity index (χ0n) is 9.87. The summed E-state index contributed by atoms with van der Waals surface area (Å²) in [5.74, 6) is 0.0470. The maximum atomic E-state index is 12.1. The van der Waals surface area contributed by atoms with Gasteiger partial charge in [0.2, 0.25) is 5.91 Å². The highest BCUT2D eigenvalue weighted by Crippen LogP contribution is 2.37. The van der Waals surface area contributed by atoms with E-state index >= 15 is 0 Å². The Morgan fingerprint density at radius 2 is 2.22 bits per heavy atom. The maximum Gasteiger partial charge on any atom is 0.232 e. The summed E-state index contributed by atoms with van der Waals surface area (Å²) in [6.07, 6.45) is 0.790. The standard InChI is InChI=1S/C14H12BrNOS/c1-8-4-5-18-13(8)7-11-10-6-9(15)2-3-12(10)16-14(11)17/h2-6,11H,7H2,1H3,(H,16,17)/t11-/m0/s1. The van der Waals surface area contributed by atoms with Crippen LogP contribution in [-0.4, -0.2) is 5.91 Å². The van der Waals surface area contributed by atoms with E-state index in [-0.39, 0.29) is 11.8 Å². The summed E-state index contributed by atoms with van der Waals surface area (Å²) in [5.41, 5.74) is 3.32. The molecule has 0 saturated heterocycles. The predicted octanol–water partition coefficient (Wildman–Crippen LogP) is 4.10. The Labute approximate surface area is 118 Å². The average molecular weight is 322 g/mol. The molecule has 1 aliphatic rings. The SMILES string of the molecule is Cc1ccsc1C[C@@H]1C(=O)Nc2ccc(Br)cc21. The molecule has 1 aromatic carbocycles. The Balaban J connectivity index is 1.96. The van der Waals surface area contributed by atoms with Gasteiger partial charge in [-0.3, -0.25) is 4.79 Å². The van der Waals surface area contributed by atoms with Gasteiger partial charge in [0.15, 0.2) is 0 Å². The first-order valence-corrected chi connectivity index (χ1v) is 7.45. The van der Waals surface area contributed by atoms with Crippen LogP contribution in [0.3, 0.4) is 0 Å². The fraction of sp³-hybridized carbons (Fsp3) is 0.214. The van der Waals surface area contributed by atoms with Crippen molar-refractivity contribution in [2.24, 2.45) is 0 Å². The van der Waals surface area contributed by atoms with Crippen LogP contribution in [0.4, 0.5) is 5.69 Å². The molecule has 2 heterocycles. The lowest BCUT2D eigenvalue weighted by Crippen LogP contribution is -2.14. The monoisotopic (exact) mass is 321 g/mol. The van der Waals surface area contributed by atoms with Crippen molar-refractivity contribution in [1.29, 1.82) is 0 Å². The third-order valence-electron chi connectivity index (χ3n) is 3.32. The lowest BCUT2D eigenvalue weighted by molar-refractivity contribution is -0.117. The van der Waals surface area contributed by atoms with Gasteiger partial charge in [-0.25, -0.2) is 0 Å². The number of thiophene rings is 1. The van der Waals surface area contributed by atoms with Gasteiger partial charge in [-0.1, -0.05) is 15.9 Å². The molecule has 2 nitrogen and oxygen atoms in total. The molecule has 92 valence electrons. The highest BCUT2D eigenvalue weighted by atomic mass is 79.9. The number of fused-ring (bicyclic) bond motifs is 1. The van der Waals surface area contributed by atoms with Crippen molar-refractivity contribution in [3.63, 3.8) is 0 Å². The number of amides is 1. The van der Waals surface area contributed by atoms with Crippen molar-refractivity contribution in [2.75, 3.05) is 5.32 Å². The molecule has 1 aromatic heterocycles. The van der Waals surface area contributed by atoms with E-state index in [0.717, 1.165) is 22.1 Å². The minimum Gasteiger partial charge on any atom is -0.325 e. The lowest BCUT2D eigenvalue weighted by Gasteiger charge is -2.08. The molecule has 0 spiro atoms. The number of nitrogens with one attached hydrogen (secondary N) is 1. The van der Waals surface area contributed by atoms with Crippen LogP contribution in [0.25, 0.3) is 0 Å². The third-order valence-corrected chi connectivity index (χ3v) is 4.86. The smallest absolute Gasteiger partial charge is 0.232 e. The van der Waals surface area contributed by atoms with E-state index in [4.69, 9.17) is 0 Å². The molecule has 0 aliphatic carbocycles. The number of benzene rings is 1. The Hall–Kier alpha value is -1.13. The molecule has 3 rings (SSSR count). The number of hydrogen-bond acceptors (Lipinski definition) is 2. The van der Waals surface area contributed by atoms with Crippen LogP contribution in [0.5, 0.6) is 0 Å². The van der Waals surface area contributed by atoms with Gasteiger partial charge >= 0.3 is 0 Å². The molecule has 0 bridgehead atoms. The van der Waals surface area contributed by atoms with Crippen LogP contribution in [0.2, 0.25) is 0 Å². The van der Waals surface area contributed by atoms with Crippen LogP contribution in [-0.2, 0) is 11.2 Å². The molecule has 1 aliphatic heterocycles. The summed E-state index contributed by atoms with van der Waals surface area (Å²) in [6, 6.07) is 8.06. The fourth-order valence-electron chi connectivity index (χ4n) is 2.30. The Morgan fingerprint density at radius 3 is 2.94 bits per heavy atom. The number of rotatable bonds is 2. The first-order chi connectivity index (χ1) is 8.65. The molecule has 1 amide bonds. The zero-order valence-corrected chi connectivity index (χ0v) is 12.3. The Bertz CT molecular complexity index is 620. The Morgan fingerprint density at radius 1 is 1.39 bits per heavy atom. The van der Waals surface area contributed by atoms with E-state index in [1.54, 1.807) is 11.3 Å². The first-order valence-electron chi connectivity index (χ1n) is 5.78. The van der Waals surface area contributed by atoms with Crippen LogP contribution in [0.1, 0.15) is 21.9 Å². The Kier molecular flexibility index (Phi) is 2.99. The van der Waals surface area contributed by atoms with Crippen molar-refractivity contribution in [1.82, 2.24) is 0 Å². The molecular weight excluding hydrogens is 310 g/mol. The summed E-state index contributed by atoms with van der Waals surface area (Å²) in [5, 5.41) is 5.03. The number of carbonyl (C=O) groups excluding carboxylic acids is 1. The topological polar surface area (TPSA) is 29.1 Å². The first kappa shape index (κ1) is 11.9. The number of halogens is 1. The molecule has 0 radical (unpaired) electrons. The van der Waals surface area contributed by atoms with Crippen molar-refractivity contribution in [2.45, 2.75) is 19.3 Å². The highest BCUT2D eigenvalue weighted by molar-refractivity contribution is 9.10. The fourth-order valence-corrected chi connectivity index (χ4v) is 3.63. The van der Waals surface area contributed by atoms with Gasteiger partial charge in [-0.2, -0.15) is 0 Å². The van der Waals surface area contributed by atoms with Gasteiger partial charge in [0.25, 0.3) is 0 Å². The second-order valence-corrected chi connectivity index (χ2v) is 6.42. The van der Waals surface area contributed by atoms with Crippen molar-refractivity contribution >= 4 is 38.9 Å². The van der Waals surface area contributed by atoms with Gasteiger partial charge in [-0.15, -0.1) is 11.3 Å². The van der Waals surface area contributed by atoms with E-state index in [2.05, 4.69) is 39.6 Å². The minimum absolute atomic E-state index is 0.0603. The van der Waals surface area contributed by atoms with E-state index in [1.165, 1.54) is 10.4 Å². The third kappa shape index (κ3) is 1.99. The van der Waals surface area contributed by atoms with Crippen molar-refractivity contribution in [3.8, 4) is 0 Å². The van der Waals surface area contributed by atoms with Gasteiger partial charge in [0, 0.05) is 15.0 Å². The van der Waals surface area contributed by atoms with E-state index in [1.807, 2.05) is 18.2 Å². The van der Waals surface area contributed by atoms with E-state index in [9.17, 15) is 4.79 Å².